The Bertz CT molecular complexity index is 937. The van der Waals surface area contributed by atoms with E-state index in [1.165, 1.54) is 11.3 Å². The second-order valence-corrected chi connectivity index (χ2v) is 8.45. The van der Waals surface area contributed by atoms with E-state index in [-0.39, 0.29) is 5.91 Å². The smallest absolute Gasteiger partial charge is 0.261 e. The van der Waals surface area contributed by atoms with Gasteiger partial charge in [-0.3, -0.25) is 14.8 Å². The number of hydrogen-bond donors (Lipinski definition) is 1. The van der Waals surface area contributed by atoms with Gasteiger partial charge >= 0.3 is 0 Å². The van der Waals surface area contributed by atoms with E-state index in [4.69, 9.17) is 11.6 Å². The molecule has 0 aliphatic heterocycles. The lowest BCUT2D eigenvalue weighted by Gasteiger charge is -2.07. The number of carbonyl (C=O) groups excluding carboxylic acids is 1. The molecule has 3 rings (SSSR count). The van der Waals surface area contributed by atoms with Gasteiger partial charge < -0.3 is 0 Å². The standard InChI is InChI=1S/C17H18ClN5OS2/c1-4-25-17-21-20-16(26-17)19-15(24)14-10(2)22-23(11(14)3)9-12-7-5-6-8-13(12)18/h5-8H,4,9H2,1-3H3,(H,19,20,24). The predicted octanol–water partition coefficient (Wildman–Crippen LogP) is 4.42. The van der Waals surface area contributed by atoms with Gasteiger partial charge in [0.1, 0.15) is 0 Å². The van der Waals surface area contributed by atoms with Gasteiger partial charge in [-0.05, 0) is 31.2 Å². The number of rotatable bonds is 6. The summed E-state index contributed by atoms with van der Waals surface area (Å²) < 4.78 is 2.63. The van der Waals surface area contributed by atoms with Crippen molar-refractivity contribution in [3.8, 4) is 0 Å². The molecular formula is C17H18ClN5OS2. The Morgan fingerprint density at radius 3 is 2.81 bits per heavy atom. The molecule has 136 valence electrons. The van der Waals surface area contributed by atoms with Crippen molar-refractivity contribution in [2.75, 3.05) is 11.1 Å². The SMILES string of the molecule is CCSc1nnc(NC(=O)c2c(C)nn(Cc3ccccc3Cl)c2C)s1. The molecule has 0 atom stereocenters. The zero-order valence-corrected chi connectivity index (χ0v) is 17.0. The molecule has 0 unspecified atom stereocenters. The fraction of sp³-hybridized carbons (Fsp3) is 0.294. The van der Waals surface area contributed by atoms with Gasteiger partial charge in [0.25, 0.3) is 5.91 Å². The Balaban J connectivity index is 1.80. The molecule has 1 aromatic carbocycles. The molecule has 0 aliphatic rings. The number of nitrogens with one attached hydrogen (secondary N) is 1. The quantitative estimate of drug-likeness (QED) is 0.483. The lowest BCUT2D eigenvalue weighted by Crippen LogP contribution is -2.14. The second-order valence-electron chi connectivity index (χ2n) is 5.56. The Morgan fingerprint density at radius 1 is 1.31 bits per heavy atom. The average Bonchev–Trinajstić information content (AvgIpc) is 3.14. The van der Waals surface area contributed by atoms with Crippen LogP contribution < -0.4 is 5.32 Å². The third kappa shape index (κ3) is 4.08. The fourth-order valence-electron chi connectivity index (χ4n) is 2.57. The Labute approximate surface area is 165 Å². The third-order valence-electron chi connectivity index (χ3n) is 3.78. The van der Waals surface area contributed by atoms with Crippen LogP contribution in [0.3, 0.4) is 0 Å². The number of halogens is 1. The average molecular weight is 408 g/mol. The van der Waals surface area contributed by atoms with E-state index < -0.39 is 0 Å². The van der Waals surface area contributed by atoms with Crippen LogP contribution in [0.15, 0.2) is 28.6 Å². The summed E-state index contributed by atoms with van der Waals surface area (Å²) in [5, 5.41) is 16.6. The molecule has 0 bridgehead atoms. The number of thioether (sulfide) groups is 1. The van der Waals surface area contributed by atoms with Crippen molar-refractivity contribution in [3.63, 3.8) is 0 Å². The molecule has 2 aromatic heterocycles. The zero-order chi connectivity index (χ0) is 18.7. The van der Waals surface area contributed by atoms with Crippen LogP contribution in [0, 0.1) is 13.8 Å². The number of aryl methyl sites for hydroxylation is 1. The first kappa shape index (κ1) is 18.9. The van der Waals surface area contributed by atoms with Crippen LogP contribution in [0.2, 0.25) is 5.02 Å². The molecular weight excluding hydrogens is 390 g/mol. The van der Waals surface area contributed by atoms with E-state index in [0.717, 1.165) is 21.3 Å². The maximum absolute atomic E-state index is 12.7. The minimum absolute atomic E-state index is 0.227. The van der Waals surface area contributed by atoms with Gasteiger partial charge in [0.2, 0.25) is 5.13 Å². The predicted molar refractivity (Wildman–Crippen MR) is 107 cm³/mol. The maximum Gasteiger partial charge on any atom is 0.261 e. The fourth-order valence-corrected chi connectivity index (χ4v) is 4.41. The van der Waals surface area contributed by atoms with Gasteiger partial charge in [-0.2, -0.15) is 5.10 Å². The van der Waals surface area contributed by atoms with E-state index in [2.05, 4.69) is 20.6 Å². The highest BCUT2D eigenvalue weighted by Gasteiger charge is 2.20. The lowest BCUT2D eigenvalue weighted by atomic mass is 10.2. The van der Waals surface area contributed by atoms with Crippen molar-refractivity contribution in [2.45, 2.75) is 31.7 Å². The van der Waals surface area contributed by atoms with Gasteiger partial charge in [-0.15, -0.1) is 10.2 Å². The van der Waals surface area contributed by atoms with Crippen LogP contribution >= 0.6 is 34.7 Å². The highest BCUT2D eigenvalue weighted by Crippen LogP contribution is 2.26. The molecule has 1 amide bonds. The molecule has 0 radical (unpaired) electrons. The van der Waals surface area contributed by atoms with Crippen LogP contribution in [0.25, 0.3) is 0 Å². The van der Waals surface area contributed by atoms with Crippen molar-refractivity contribution in [1.82, 2.24) is 20.0 Å². The second kappa shape index (κ2) is 8.20. The van der Waals surface area contributed by atoms with E-state index >= 15 is 0 Å². The summed E-state index contributed by atoms with van der Waals surface area (Å²) >= 11 is 9.20. The third-order valence-corrected chi connectivity index (χ3v) is 6.00. The first-order valence-corrected chi connectivity index (χ1v) is 10.2. The van der Waals surface area contributed by atoms with Gasteiger partial charge in [-0.25, -0.2) is 0 Å². The molecule has 2 heterocycles. The normalized spacial score (nSPS) is 10.9. The van der Waals surface area contributed by atoms with Crippen molar-refractivity contribution in [3.05, 3.63) is 51.8 Å². The number of carbonyl (C=O) groups is 1. The van der Waals surface area contributed by atoms with Crippen molar-refractivity contribution < 1.29 is 4.79 Å². The minimum Gasteiger partial charge on any atom is -0.296 e. The van der Waals surface area contributed by atoms with Gasteiger partial charge in [0.15, 0.2) is 4.34 Å². The summed E-state index contributed by atoms with van der Waals surface area (Å²) in [6, 6.07) is 7.62. The number of amides is 1. The Morgan fingerprint density at radius 2 is 2.08 bits per heavy atom. The van der Waals surface area contributed by atoms with Gasteiger partial charge in [-0.1, -0.05) is 59.8 Å². The highest BCUT2D eigenvalue weighted by atomic mass is 35.5. The topological polar surface area (TPSA) is 72.7 Å². The molecule has 0 spiro atoms. The Kier molecular flexibility index (Phi) is 5.95. The molecule has 0 saturated carbocycles. The van der Waals surface area contributed by atoms with Gasteiger partial charge in [0.05, 0.1) is 17.8 Å². The molecule has 0 aliphatic carbocycles. The molecule has 26 heavy (non-hydrogen) atoms. The summed E-state index contributed by atoms with van der Waals surface area (Å²) in [5.74, 6) is 0.685. The molecule has 1 N–H and O–H groups in total. The van der Waals surface area contributed by atoms with Crippen LogP contribution in [-0.4, -0.2) is 31.6 Å². The summed E-state index contributed by atoms with van der Waals surface area (Å²) in [7, 11) is 0. The largest absolute Gasteiger partial charge is 0.296 e. The van der Waals surface area contributed by atoms with Gasteiger partial charge in [0, 0.05) is 10.7 Å². The first-order chi connectivity index (χ1) is 12.5. The van der Waals surface area contributed by atoms with Crippen molar-refractivity contribution in [1.29, 1.82) is 0 Å². The molecule has 3 aromatic rings. The van der Waals surface area contributed by atoms with E-state index in [9.17, 15) is 4.79 Å². The number of hydrogen-bond acceptors (Lipinski definition) is 6. The molecule has 9 heteroatoms. The lowest BCUT2D eigenvalue weighted by molar-refractivity contribution is 0.102. The summed E-state index contributed by atoms with van der Waals surface area (Å²) in [5.41, 5.74) is 2.96. The maximum atomic E-state index is 12.7. The van der Waals surface area contributed by atoms with Crippen molar-refractivity contribution in [2.24, 2.45) is 0 Å². The molecule has 0 saturated heterocycles. The number of benzene rings is 1. The van der Waals surface area contributed by atoms with E-state index in [0.29, 0.717) is 28.0 Å². The number of nitrogens with zero attached hydrogens (tertiary/aromatic N) is 4. The number of anilines is 1. The zero-order valence-electron chi connectivity index (χ0n) is 14.6. The van der Waals surface area contributed by atoms with Crippen LogP contribution in [0.4, 0.5) is 5.13 Å². The van der Waals surface area contributed by atoms with Crippen LogP contribution in [0.5, 0.6) is 0 Å². The van der Waals surface area contributed by atoms with E-state index in [1.54, 1.807) is 16.4 Å². The summed E-state index contributed by atoms with van der Waals surface area (Å²) in [6.07, 6.45) is 0. The molecule has 6 nitrogen and oxygen atoms in total. The first-order valence-electron chi connectivity index (χ1n) is 8.04. The summed E-state index contributed by atoms with van der Waals surface area (Å²) in [4.78, 5) is 12.7. The Hall–Kier alpha value is -1.90. The van der Waals surface area contributed by atoms with Crippen molar-refractivity contribution >= 4 is 45.7 Å². The van der Waals surface area contributed by atoms with E-state index in [1.807, 2.05) is 45.0 Å². The number of aromatic nitrogens is 4. The molecule has 0 fully saturated rings. The van der Waals surface area contributed by atoms with Crippen LogP contribution in [0.1, 0.15) is 34.2 Å². The minimum atomic E-state index is -0.227. The highest BCUT2D eigenvalue weighted by molar-refractivity contribution is 8.01. The van der Waals surface area contributed by atoms with Crippen LogP contribution in [-0.2, 0) is 6.54 Å². The monoisotopic (exact) mass is 407 g/mol. The summed E-state index contributed by atoms with van der Waals surface area (Å²) in [6.45, 7) is 6.26.